The van der Waals surface area contributed by atoms with Crippen molar-refractivity contribution in [1.82, 2.24) is 4.90 Å². The maximum absolute atomic E-state index is 12.0. The van der Waals surface area contributed by atoms with Gasteiger partial charge in [0.1, 0.15) is 5.75 Å². The Morgan fingerprint density at radius 3 is 2.79 bits per heavy atom. The van der Waals surface area contributed by atoms with Crippen molar-refractivity contribution in [3.63, 3.8) is 0 Å². The SMILES string of the molecule is Cc1ccc(OCCCN2CCC(c3c(C(N)=O)sc4ccccc34)C2)cc1. The molecule has 146 valence electrons. The van der Waals surface area contributed by atoms with E-state index in [0.29, 0.717) is 5.92 Å². The Morgan fingerprint density at radius 1 is 1.21 bits per heavy atom. The van der Waals surface area contributed by atoms with Crippen LogP contribution in [0.5, 0.6) is 5.75 Å². The molecule has 1 aromatic heterocycles. The summed E-state index contributed by atoms with van der Waals surface area (Å²) in [5, 5.41) is 1.19. The van der Waals surface area contributed by atoms with Crippen molar-refractivity contribution in [1.29, 1.82) is 0 Å². The lowest BCUT2D eigenvalue weighted by molar-refractivity contribution is 0.100. The first-order valence-electron chi connectivity index (χ1n) is 9.85. The molecule has 28 heavy (non-hydrogen) atoms. The molecule has 0 bridgehead atoms. The van der Waals surface area contributed by atoms with Crippen LogP contribution in [-0.4, -0.2) is 37.0 Å². The molecular formula is C23H26N2O2S. The second-order valence-electron chi connectivity index (χ2n) is 7.51. The third-order valence-electron chi connectivity index (χ3n) is 5.45. The van der Waals surface area contributed by atoms with Gasteiger partial charge in [0, 0.05) is 23.7 Å². The van der Waals surface area contributed by atoms with Crippen molar-refractivity contribution in [3.8, 4) is 5.75 Å². The summed E-state index contributed by atoms with van der Waals surface area (Å²) in [7, 11) is 0. The lowest BCUT2D eigenvalue weighted by Crippen LogP contribution is -2.23. The topological polar surface area (TPSA) is 55.6 Å². The van der Waals surface area contributed by atoms with Crippen molar-refractivity contribution in [2.45, 2.75) is 25.7 Å². The monoisotopic (exact) mass is 394 g/mol. The smallest absolute Gasteiger partial charge is 0.259 e. The molecule has 0 aliphatic carbocycles. The average molecular weight is 395 g/mol. The van der Waals surface area contributed by atoms with E-state index in [1.807, 2.05) is 24.3 Å². The molecule has 0 radical (unpaired) electrons. The molecule has 0 spiro atoms. The number of thiophene rings is 1. The molecule has 1 fully saturated rings. The molecule has 2 N–H and O–H groups in total. The van der Waals surface area contributed by atoms with Crippen LogP contribution in [0.1, 0.15) is 39.6 Å². The number of amides is 1. The van der Waals surface area contributed by atoms with Crippen LogP contribution in [0.25, 0.3) is 10.1 Å². The molecule has 1 unspecified atom stereocenters. The van der Waals surface area contributed by atoms with Crippen molar-refractivity contribution in [2.24, 2.45) is 5.73 Å². The van der Waals surface area contributed by atoms with Gasteiger partial charge in [-0.2, -0.15) is 0 Å². The number of benzene rings is 2. The number of aryl methyl sites for hydroxylation is 1. The van der Waals surface area contributed by atoms with E-state index < -0.39 is 0 Å². The predicted octanol–water partition coefficient (Wildman–Crippen LogP) is 4.57. The van der Waals surface area contributed by atoms with Crippen molar-refractivity contribution in [3.05, 3.63) is 64.5 Å². The summed E-state index contributed by atoms with van der Waals surface area (Å²) in [4.78, 5) is 15.2. The first kappa shape index (κ1) is 19.0. The zero-order valence-electron chi connectivity index (χ0n) is 16.2. The average Bonchev–Trinajstić information content (AvgIpc) is 3.31. The van der Waals surface area contributed by atoms with Crippen molar-refractivity contribution in [2.75, 3.05) is 26.2 Å². The maximum atomic E-state index is 12.0. The summed E-state index contributed by atoms with van der Waals surface area (Å²) < 4.78 is 6.99. The number of likely N-dealkylation sites (tertiary alicyclic amines) is 1. The summed E-state index contributed by atoms with van der Waals surface area (Å²) in [6.07, 6.45) is 2.06. The molecule has 2 heterocycles. The van der Waals surface area contributed by atoms with E-state index in [0.717, 1.165) is 60.0 Å². The molecule has 1 amide bonds. The molecule has 0 saturated carbocycles. The number of hydrogen-bond donors (Lipinski definition) is 1. The molecule has 1 aliphatic rings. The first-order chi connectivity index (χ1) is 13.6. The molecule has 1 saturated heterocycles. The number of carbonyl (C=O) groups is 1. The molecular weight excluding hydrogens is 368 g/mol. The van der Waals surface area contributed by atoms with Gasteiger partial charge in [-0.3, -0.25) is 4.79 Å². The van der Waals surface area contributed by atoms with Gasteiger partial charge in [-0.25, -0.2) is 0 Å². The number of hydrogen-bond acceptors (Lipinski definition) is 4. The van der Waals surface area contributed by atoms with Crippen LogP contribution in [0.4, 0.5) is 0 Å². The molecule has 4 nitrogen and oxygen atoms in total. The fourth-order valence-corrected chi connectivity index (χ4v) is 5.18. The van der Waals surface area contributed by atoms with Gasteiger partial charge in [0.2, 0.25) is 0 Å². The molecule has 3 aromatic rings. The second kappa shape index (κ2) is 8.33. The highest BCUT2D eigenvalue weighted by atomic mass is 32.1. The van der Waals surface area contributed by atoms with E-state index in [4.69, 9.17) is 10.5 Å². The minimum atomic E-state index is -0.304. The van der Waals surface area contributed by atoms with Crippen molar-refractivity contribution < 1.29 is 9.53 Å². The van der Waals surface area contributed by atoms with E-state index in [1.165, 1.54) is 22.3 Å². The summed E-state index contributed by atoms with van der Waals surface area (Å²) in [6, 6.07) is 16.4. The number of carbonyl (C=O) groups excluding carboxylic acids is 1. The van der Waals surface area contributed by atoms with Crippen LogP contribution in [0, 0.1) is 6.92 Å². The summed E-state index contributed by atoms with van der Waals surface area (Å²) in [5.74, 6) is 0.999. The van der Waals surface area contributed by atoms with Gasteiger partial charge in [0.25, 0.3) is 5.91 Å². The van der Waals surface area contributed by atoms with Gasteiger partial charge in [-0.1, -0.05) is 35.9 Å². The van der Waals surface area contributed by atoms with Gasteiger partial charge in [-0.15, -0.1) is 11.3 Å². The van der Waals surface area contributed by atoms with Crippen LogP contribution in [0.3, 0.4) is 0 Å². The van der Waals surface area contributed by atoms with Crippen molar-refractivity contribution >= 4 is 27.3 Å². The summed E-state index contributed by atoms with van der Waals surface area (Å²) >= 11 is 1.53. The highest BCUT2D eigenvalue weighted by Crippen LogP contribution is 2.39. The highest BCUT2D eigenvalue weighted by Gasteiger charge is 2.29. The van der Waals surface area contributed by atoms with E-state index in [1.54, 1.807) is 0 Å². The first-order valence-corrected chi connectivity index (χ1v) is 10.7. The number of nitrogens with zero attached hydrogens (tertiary/aromatic N) is 1. The van der Waals surface area contributed by atoms with Crippen LogP contribution in [-0.2, 0) is 0 Å². The third kappa shape index (κ3) is 4.05. The van der Waals surface area contributed by atoms with Crippen LogP contribution in [0.15, 0.2) is 48.5 Å². The zero-order valence-corrected chi connectivity index (χ0v) is 17.0. The lowest BCUT2D eigenvalue weighted by atomic mass is 9.95. The molecule has 5 heteroatoms. The standard InChI is InChI=1S/C23H26N2O2S/c1-16-7-9-18(10-8-16)27-14-4-12-25-13-11-17(15-25)21-19-5-2-3-6-20(19)28-22(21)23(24)26/h2-3,5-10,17H,4,11-15H2,1H3,(H2,24,26). The van der Waals surface area contributed by atoms with E-state index in [9.17, 15) is 4.79 Å². The van der Waals surface area contributed by atoms with Gasteiger partial charge in [-0.05, 0) is 55.5 Å². The Bertz CT molecular complexity index is 964. The minimum absolute atomic E-state index is 0.304. The Hall–Kier alpha value is -2.37. The van der Waals surface area contributed by atoms with Crippen LogP contribution >= 0.6 is 11.3 Å². The fourth-order valence-electron chi connectivity index (χ4n) is 4.04. The van der Waals surface area contributed by atoms with E-state index >= 15 is 0 Å². The largest absolute Gasteiger partial charge is 0.494 e. The molecule has 1 aliphatic heterocycles. The minimum Gasteiger partial charge on any atom is -0.494 e. The third-order valence-corrected chi connectivity index (χ3v) is 6.65. The lowest BCUT2D eigenvalue weighted by Gasteiger charge is -2.16. The van der Waals surface area contributed by atoms with Crippen LogP contribution in [0.2, 0.25) is 0 Å². The second-order valence-corrected chi connectivity index (χ2v) is 8.56. The van der Waals surface area contributed by atoms with E-state index in [2.05, 4.69) is 36.1 Å². The normalized spacial score (nSPS) is 17.2. The zero-order chi connectivity index (χ0) is 19.5. The number of nitrogens with two attached hydrogens (primary N) is 1. The Labute approximate surface area is 169 Å². The number of rotatable bonds is 7. The summed E-state index contributed by atoms with van der Waals surface area (Å²) in [6.45, 7) is 5.84. The van der Waals surface area contributed by atoms with Crippen LogP contribution < -0.4 is 10.5 Å². The van der Waals surface area contributed by atoms with Gasteiger partial charge in [0.05, 0.1) is 11.5 Å². The Balaban J connectivity index is 1.35. The van der Waals surface area contributed by atoms with Gasteiger partial charge in [0.15, 0.2) is 0 Å². The summed E-state index contributed by atoms with van der Waals surface area (Å²) in [5.41, 5.74) is 8.09. The van der Waals surface area contributed by atoms with Gasteiger partial charge < -0.3 is 15.4 Å². The quantitative estimate of drug-likeness (QED) is 0.597. The number of primary amides is 1. The van der Waals surface area contributed by atoms with Gasteiger partial charge >= 0.3 is 0 Å². The number of ether oxygens (including phenoxy) is 1. The fraction of sp³-hybridized carbons (Fsp3) is 0.348. The Kier molecular flexibility index (Phi) is 5.64. The van der Waals surface area contributed by atoms with E-state index in [-0.39, 0.29) is 5.91 Å². The Morgan fingerprint density at radius 2 is 2.00 bits per heavy atom. The predicted molar refractivity (Wildman–Crippen MR) is 115 cm³/mol. The molecule has 2 aromatic carbocycles. The maximum Gasteiger partial charge on any atom is 0.259 e. The highest BCUT2D eigenvalue weighted by molar-refractivity contribution is 7.21. The molecule has 1 atom stereocenters. The number of fused-ring (bicyclic) bond motifs is 1. The molecule has 4 rings (SSSR count).